The first-order valence-corrected chi connectivity index (χ1v) is 11.0. The van der Waals surface area contributed by atoms with E-state index in [1.54, 1.807) is 7.11 Å². The van der Waals surface area contributed by atoms with Gasteiger partial charge in [0.25, 0.3) is 0 Å². The minimum absolute atomic E-state index is 0.00550. The summed E-state index contributed by atoms with van der Waals surface area (Å²) in [5.74, 6) is 0. The number of ether oxygens (including phenoxy) is 2. The topological polar surface area (TPSA) is 27.7 Å². The van der Waals surface area contributed by atoms with Crippen molar-refractivity contribution in [2.75, 3.05) is 13.9 Å². The molecule has 0 aliphatic heterocycles. The lowest BCUT2D eigenvalue weighted by molar-refractivity contribution is -0.105. The standard InChI is InChI=1S/C17H27ClO3Si/c1-17(2,3)22(5,6)21-14-10-12-8-7-9-13(18)15(12)16(14)20-11-19-4/h7-9,14,16H,10-11H2,1-6H3/t14?,16-/m0/s1. The summed E-state index contributed by atoms with van der Waals surface area (Å²) in [6.45, 7) is 11.5. The Morgan fingerprint density at radius 2 is 1.95 bits per heavy atom. The second-order valence-electron chi connectivity index (χ2n) is 7.43. The van der Waals surface area contributed by atoms with Crippen LogP contribution in [0.3, 0.4) is 0 Å². The second kappa shape index (κ2) is 6.61. The van der Waals surface area contributed by atoms with Crippen LogP contribution >= 0.6 is 11.6 Å². The molecule has 5 heteroatoms. The summed E-state index contributed by atoms with van der Waals surface area (Å²) in [5.41, 5.74) is 2.28. The molecule has 0 bridgehead atoms. The first-order valence-electron chi connectivity index (χ1n) is 7.73. The lowest BCUT2D eigenvalue weighted by Gasteiger charge is -2.39. The largest absolute Gasteiger partial charge is 0.411 e. The van der Waals surface area contributed by atoms with Gasteiger partial charge in [0.15, 0.2) is 8.32 Å². The van der Waals surface area contributed by atoms with Gasteiger partial charge in [-0.2, -0.15) is 0 Å². The second-order valence-corrected chi connectivity index (χ2v) is 12.6. The van der Waals surface area contributed by atoms with Gasteiger partial charge >= 0.3 is 0 Å². The molecular weight excluding hydrogens is 316 g/mol. The molecule has 0 saturated heterocycles. The smallest absolute Gasteiger partial charge is 0.192 e. The number of hydrogen-bond acceptors (Lipinski definition) is 3. The molecule has 0 N–H and O–H groups in total. The highest BCUT2D eigenvalue weighted by molar-refractivity contribution is 6.74. The predicted octanol–water partition coefficient (Wildman–Crippen LogP) is 4.95. The SMILES string of the molecule is COCO[C@@H]1c2c(Cl)cccc2CC1O[Si](C)(C)C(C)(C)C. The molecule has 124 valence electrons. The monoisotopic (exact) mass is 342 g/mol. The highest BCUT2D eigenvalue weighted by Crippen LogP contribution is 2.45. The van der Waals surface area contributed by atoms with Crippen molar-refractivity contribution in [3.8, 4) is 0 Å². The van der Waals surface area contributed by atoms with Crippen molar-refractivity contribution in [1.29, 1.82) is 0 Å². The lowest BCUT2D eigenvalue weighted by atomic mass is 10.1. The molecule has 0 amide bonds. The van der Waals surface area contributed by atoms with E-state index in [2.05, 4.69) is 39.9 Å². The van der Waals surface area contributed by atoms with Crippen molar-refractivity contribution >= 4 is 19.9 Å². The summed E-state index contributed by atoms with van der Waals surface area (Å²) >= 11 is 6.40. The van der Waals surface area contributed by atoms with E-state index < -0.39 is 8.32 Å². The maximum absolute atomic E-state index is 6.61. The molecule has 1 aliphatic rings. The van der Waals surface area contributed by atoms with Gasteiger partial charge in [-0.3, -0.25) is 0 Å². The number of methoxy groups -OCH3 is 1. The first kappa shape index (κ1) is 18.0. The quantitative estimate of drug-likeness (QED) is 0.559. The molecule has 0 spiro atoms. The van der Waals surface area contributed by atoms with Crippen LogP contribution in [0.4, 0.5) is 0 Å². The average Bonchev–Trinajstić information content (AvgIpc) is 2.73. The van der Waals surface area contributed by atoms with Crippen LogP contribution in [0.15, 0.2) is 18.2 Å². The molecule has 22 heavy (non-hydrogen) atoms. The molecule has 1 aromatic carbocycles. The highest BCUT2D eigenvalue weighted by Gasteiger charge is 2.44. The summed E-state index contributed by atoms with van der Waals surface area (Å²) in [5, 5.41) is 0.914. The Balaban J connectivity index is 2.27. The van der Waals surface area contributed by atoms with E-state index in [1.807, 2.05) is 12.1 Å². The van der Waals surface area contributed by atoms with Gasteiger partial charge in [0.1, 0.15) is 12.9 Å². The normalized spacial score (nSPS) is 22.0. The third-order valence-corrected chi connectivity index (χ3v) is 9.64. The molecule has 0 radical (unpaired) electrons. The van der Waals surface area contributed by atoms with Crippen molar-refractivity contribution in [2.45, 2.75) is 57.5 Å². The highest BCUT2D eigenvalue weighted by atomic mass is 35.5. The van der Waals surface area contributed by atoms with Crippen LogP contribution in [0.25, 0.3) is 0 Å². The minimum Gasteiger partial charge on any atom is -0.411 e. The Kier molecular flexibility index (Phi) is 5.40. The van der Waals surface area contributed by atoms with Crippen LogP contribution in [0, 0.1) is 0 Å². The van der Waals surface area contributed by atoms with Gasteiger partial charge < -0.3 is 13.9 Å². The van der Waals surface area contributed by atoms with Gasteiger partial charge in [-0.05, 0) is 29.8 Å². The predicted molar refractivity (Wildman–Crippen MR) is 92.9 cm³/mol. The number of fused-ring (bicyclic) bond motifs is 1. The van der Waals surface area contributed by atoms with Crippen LogP contribution in [0.1, 0.15) is 38.0 Å². The molecule has 2 rings (SSSR count). The van der Waals surface area contributed by atoms with E-state index in [0.717, 1.165) is 17.0 Å². The molecule has 2 atom stereocenters. The molecule has 3 nitrogen and oxygen atoms in total. The maximum Gasteiger partial charge on any atom is 0.192 e. The number of halogens is 1. The maximum atomic E-state index is 6.61. The van der Waals surface area contributed by atoms with Crippen LogP contribution in [-0.2, 0) is 20.3 Å². The fourth-order valence-electron chi connectivity index (χ4n) is 2.58. The summed E-state index contributed by atoms with van der Waals surface area (Å²) in [6.07, 6.45) is 0.695. The van der Waals surface area contributed by atoms with Gasteiger partial charge in [0.2, 0.25) is 0 Å². The van der Waals surface area contributed by atoms with Gasteiger partial charge in [-0.1, -0.05) is 44.5 Å². The fraction of sp³-hybridized carbons (Fsp3) is 0.647. The number of rotatable bonds is 5. The third kappa shape index (κ3) is 3.57. The van der Waals surface area contributed by atoms with Gasteiger partial charge in [0, 0.05) is 24.1 Å². The molecule has 1 aromatic rings. The van der Waals surface area contributed by atoms with Crippen LogP contribution in [-0.4, -0.2) is 28.3 Å². The molecule has 0 aromatic heterocycles. The Labute approximate surface area is 140 Å². The summed E-state index contributed by atoms with van der Waals surface area (Å²) in [6, 6.07) is 6.01. The van der Waals surface area contributed by atoms with Gasteiger partial charge in [0.05, 0.1) is 6.10 Å². The average molecular weight is 343 g/mol. The van der Waals surface area contributed by atoms with Crippen molar-refractivity contribution in [3.05, 3.63) is 34.3 Å². The van der Waals surface area contributed by atoms with Crippen LogP contribution < -0.4 is 0 Å². The van der Waals surface area contributed by atoms with E-state index in [4.69, 9.17) is 25.5 Å². The molecule has 0 heterocycles. The van der Waals surface area contributed by atoms with Crippen molar-refractivity contribution in [2.24, 2.45) is 0 Å². The molecule has 1 aliphatic carbocycles. The summed E-state index contributed by atoms with van der Waals surface area (Å²) in [7, 11) is -0.240. The molecule has 1 unspecified atom stereocenters. The van der Waals surface area contributed by atoms with Crippen LogP contribution in [0.2, 0.25) is 23.2 Å². The van der Waals surface area contributed by atoms with E-state index in [1.165, 1.54) is 5.56 Å². The Morgan fingerprint density at radius 3 is 2.55 bits per heavy atom. The lowest BCUT2D eigenvalue weighted by Crippen LogP contribution is -2.45. The minimum atomic E-state index is -1.87. The summed E-state index contributed by atoms with van der Waals surface area (Å²) in [4.78, 5) is 0. The van der Waals surface area contributed by atoms with Gasteiger partial charge in [-0.15, -0.1) is 0 Å². The van der Waals surface area contributed by atoms with Crippen LogP contribution in [0.5, 0.6) is 0 Å². The van der Waals surface area contributed by atoms with Gasteiger partial charge in [-0.25, -0.2) is 0 Å². The number of benzene rings is 1. The summed E-state index contributed by atoms with van der Waals surface area (Å²) < 4.78 is 17.6. The van der Waals surface area contributed by atoms with E-state index in [-0.39, 0.29) is 24.0 Å². The number of hydrogen-bond donors (Lipinski definition) is 0. The van der Waals surface area contributed by atoms with E-state index in [9.17, 15) is 0 Å². The van der Waals surface area contributed by atoms with Crippen molar-refractivity contribution in [3.63, 3.8) is 0 Å². The first-order chi connectivity index (χ1) is 10.2. The zero-order chi connectivity index (χ0) is 16.5. The van der Waals surface area contributed by atoms with Crippen molar-refractivity contribution in [1.82, 2.24) is 0 Å². The fourth-order valence-corrected chi connectivity index (χ4v) is 4.20. The zero-order valence-electron chi connectivity index (χ0n) is 14.4. The third-order valence-electron chi connectivity index (χ3n) is 4.80. The Hall–Kier alpha value is -0.393. The van der Waals surface area contributed by atoms with E-state index >= 15 is 0 Å². The molecule has 0 saturated carbocycles. The molecular formula is C17H27ClO3Si. The van der Waals surface area contributed by atoms with Crippen molar-refractivity contribution < 1.29 is 13.9 Å². The Bertz CT molecular complexity index is 525. The Morgan fingerprint density at radius 1 is 1.27 bits per heavy atom. The molecule has 0 fully saturated rings. The van der Waals surface area contributed by atoms with E-state index in [0.29, 0.717) is 0 Å². The zero-order valence-corrected chi connectivity index (χ0v) is 16.2.